The number of methoxy groups -OCH3 is 1. The molecule has 4 aromatic rings. The molecule has 0 aliphatic carbocycles. The SMILES string of the molecule is COc1ccc(-n2nc(C(F)(F)F)c3c2C(=O)N(c2ccc(C(=O)N(C)C)cc2)CC3)c(C(=O)NCc2cccs2)c1. The van der Waals surface area contributed by atoms with Crippen molar-refractivity contribution in [3.05, 3.63) is 92.9 Å². The molecule has 13 heteroatoms. The summed E-state index contributed by atoms with van der Waals surface area (Å²) in [6, 6.07) is 14.2. The first kappa shape index (κ1) is 28.9. The smallest absolute Gasteiger partial charge is 0.435 e. The van der Waals surface area contributed by atoms with Crippen molar-refractivity contribution >= 4 is 34.7 Å². The molecule has 42 heavy (non-hydrogen) atoms. The van der Waals surface area contributed by atoms with Gasteiger partial charge in [0.2, 0.25) is 0 Å². The summed E-state index contributed by atoms with van der Waals surface area (Å²) in [6.45, 7) is 0.176. The van der Waals surface area contributed by atoms with Crippen LogP contribution in [0, 0.1) is 0 Å². The second-order valence-corrected chi connectivity index (χ2v) is 10.7. The Morgan fingerprint density at radius 2 is 1.86 bits per heavy atom. The number of halogens is 3. The van der Waals surface area contributed by atoms with Crippen LogP contribution in [0.5, 0.6) is 5.75 Å². The first-order valence-corrected chi connectivity index (χ1v) is 13.7. The second-order valence-electron chi connectivity index (χ2n) is 9.68. The molecule has 218 valence electrons. The van der Waals surface area contributed by atoms with Crippen LogP contribution in [-0.4, -0.2) is 60.2 Å². The topological polar surface area (TPSA) is 96.8 Å². The second kappa shape index (κ2) is 11.3. The van der Waals surface area contributed by atoms with Gasteiger partial charge in [-0.25, -0.2) is 4.68 Å². The minimum atomic E-state index is -4.83. The molecule has 1 aliphatic rings. The van der Waals surface area contributed by atoms with Crippen molar-refractivity contribution in [3.8, 4) is 11.4 Å². The molecule has 2 aromatic carbocycles. The van der Waals surface area contributed by atoms with Crippen molar-refractivity contribution < 1.29 is 32.3 Å². The molecule has 2 aromatic heterocycles. The predicted molar refractivity (Wildman–Crippen MR) is 150 cm³/mol. The van der Waals surface area contributed by atoms with E-state index in [2.05, 4.69) is 10.4 Å². The summed E-state index contributed by atoms with van der Waals surface area (Å²) in [5.74, 6) is -1.22. The van der Waals surface area contributed by atoms with Gasteiger partial charge in [0.05, 0.1) is 24.9 Å². The number of hydrogen-bond acceptors (Lipinski definition) is 6. The van der Waals surface area contributed by atoms with Gasteiger partial charge in [0.15, 0.2) is 5.69 Å². The van der Waals surface area contributed by atoms with E-state index in [9.17, 15) is 27.6 Å². The number of nitrogens with one attached hydrogen (secondary N) is 1. The van der Waals surface area contributed by atoms with Crippen LogP contribution in [0.15, 0.2) is 60.0 Å². The van der Waals surface area contributed by atoms with Crippen molar-refractivity contribution in [2.24, 2.45) is 0 Å². The Balaban J connectivity index is 1.58. The molecule has 1 aliphatic heterocycles. The number of anilines is 1. The predicted octanol–water partition coefficient (Wildman–Crippen LogP) is 4.80. The highest BCUT2D eigenvalue weighted by Crippen LogP contribution is 2.38. The van der Waals surface area contributed by atoms with Crippen LogP contribution in [0.2, 0.25) is 0 Å². The Labute approximate surface area is 243 Å². The summed E-state index contributed by atoms with van der Waals surface area (Å²) < 4.78 is 48.6. The standard InChI is InChI=1S/C29H26F3N5O4S/c1-35(2)27(39)17-6-8-18(9-7-17)36-13-12-21-24(28(36)40)37(34-25(21)29(30,31)32)23-11-10-19(41-3)15-22(23)26(38)33-16-20-5-4-14-42-20/h4-11,14-15H,12-13,16H2,1-3H3,(H,33,38). The molecular formula is C29H26F3N5O4S. The number of carbonyl (C=O) groups excluding carboxylic acids is 3. The largest absolute Gasteiger partial charge is 0.497 e. The highest BCUT2D eigenvalue weighted by molar-refractivity contribution is 7.09. The number of alkyl halides is 3. The summed E-state index contributed by atoms with van der Waals surface area (Å²) in [6.07, 6.45) is -4.95. The fourth-order valence-corrected chi connectivity index (χ4v) is 5.38. The number of carbonyl (C=O) groups is 3. The zero-order valence-corrected chi connectivity index (χ0v) is 23.7. The maximum Gasteiger partial charge on any atom is 0.435 e. The first-order valence-electron chi connectivity index (χ1n) is 12.8. The van der Waals surface area contributed by atoms with Gasteiger partial charge in [-0.3, -0.25) is 14.4 Å². The molecular weight excluding hydrogens is 571 g/mol. The van der Waals surface area contributed by atoms with Crippen LogP contribution < -0.4 is 15.0 Å². The van der Waals surface area contributed by atoms with Crippen LogP contribution in [0.4, 0.5) is 18.9 Å². The van der Waals surface area contributed by atoms with Gasteiger partial charge in [0.25, 0.3) is 17.7 Å². The van der Waals surface area contributed by atoms with E-state index in [-0.39, 0.29) is 47.9 Å². The molecule has 9 nitrogen and oxygen atoms in total. The molecule has 1 N–H and O–H groups in total. The van der Waals surface area contributed by atoms with E-state index in [1.807, 2.05) is 17.5 Å². The first-order chi connectivity index (χ1) is 20.0. The summed E-state index contributed by atoms with van der Waals surface area (Å²) in [7, 11) is 4.63. The van der Waals surface area contributed by atoms with E-state index in [1.165, 1.54) is 46.4 Å². The summed E-state index contributed by atoms with van der Waals surface area (Å²) in [5.41, 5.74) is -0.933. The van der Waals surface area contributed by atoms with E-state index in [0.717, 1.165) is 9.56 Å². The van der Waals surface area contributed by atoms with Crippen molar-refractivity contribution in [1.29, 1.82) is 0 Å². The summed E-state index contributed by atoms with van der Waals surface area (Å²) in [5, 5.41) is 8.49. The van der Waals surface area contributed by atoms with Gasteiger partial charge in [-0.05, 0) is 60.3 Å². The molecule has 5 rings (SSSR count). The minimum Gasteiger partial charge on any atom is -0.497 e. The van der Waals surface area contributed by atoms with Crippen molar-refractivity contribution in [1.82, 2.24) is 20.0 Å². The van der Waals surface area contributed by atoms with Crippen molar-refractivity contribution in [2.45, 2.75) is 19.1 Å². The number of amides is 3. The Bertz CT molecular complexity index is 1650. The lowest BCUT2D eigenvalue weighted by atomic mass is 10.0. The van der Waals surface area contributed by atoms with Gasteiger partial charge in [0, 0.05) is 42.3 Å². The van der Waals surface area contributed by atoms with Crippen LogP contribution in [0.25, 0.3) is 5.69 Å². The number of fused-ring (bicyclic) bond motifs is 1. The zero-order chi connectivity index (χ0) is 30.2. The van der Waals surface area contributed by atoms with E-state index < -0.39 is 23.7 Å². The highest BCUT2D eigenvalue weighted by Gasteiger charge is 2.43. The maximum atomic E-state index is 14.2. The minimum absolute atomic E-state index is 0.00615. The van der Waals surface area contributed by atoms with E-state index in [0.29, 0.717) is 17.0 Å². The van der Waals surface area contributed by atoms with Crippen molar-refractivity contribution in [3.63, 3.8) is 0 Å². The van der Waals surface area contributed by atoms with E-state index >= 15 is 0 Å². The van der Waals surface area contributed by atoms with Gasteiger partial charge < -0.3 is 19.9 Å². The lowest BCUT2D eigenvalue weighted by Crippen LogP contribution is -2.39. The number of ether oxygens (including phenoxy) is 1. The summed E-state index contributed by atoms with van der Waals surface area (Å²) >= 11 is 1.44. The number of rotatable bonds is 7. The molecule has 0 radical (unpaired) electrons. The monoisotopic (exact) mass is 597 g/mol. The third-order valence-corrected chi connectivity index (χ3v) is 7.67. The van der Waals surface area contributed by atoms with Crippen LogP contribution in [0.3, 0.4) is 0 Å². The number of thiophene rings is 1. The van der Waals surface area contributed by atoms with Gasteiger partial charge in [-0.2, -0.15) is 18.3 Å². The number of aromatic nitrogens is 2. The van der Waals surface area contributed by atoms with Crippen molar-refractivity contribution in [2.75, 3.05) is 32.6 Å². The summed E-state index contributed by atoms with van der Waals surface area (Å²) in [4.78, 5) is 43.1. The normalized spacial score (nSPS) is 13.1. The molecule has 0 spiro atoms. The fraction of sp³-hybridized carbons (Fsp3) is 0.241. The van der Waals surface area contributed by atoms with Gasteiger partial charge >= 0.3 is 6.18 Å². The van der Waals surface area contributed by atoms with Crippen LogP contribution in [-0.2, 0) is 19.1 Å². The molecule has 0 saturated heterocycles. The number of nitrogens with zero attached hydrogens (tertiary/aromatic N) is 4. The Hall–Kier alpha value is -4.65. The average Bonchev–Trinajstić information content (AvgIpc) is 3.64. The average molecular weight is 598 g/mol. The zero-order valence-electron chi connectivity index (χ0n) is 22.9. The highest BCUT2D eigenvalue weighted by atomic mass is 32.1. The lowest BCUT2D eigenvalue weighted by molar-refractivity contribution is -0.141. The Kier molecular flexibility index (Phi) is 7.78. The number of hydrogen-bond donors (Lipinski definition) is 1. The van der Waals surface area contributed by atoms with Crippen LogP contribution >= 0.6 is 11.3 Å². The Morgan fingerprint density at radius 3 is 2.48 bits per heavy atom. The fourth-order valence-electron chi connectivity index (χ4n) is 4.73. The maximum absolute atomic E-state index is 14.2. The third-order valence-electron chi connectivity index (χ3n) is 6.80. The van der Waals surface area contributed by atoms with E-state index in [1.54, 1.807) is 38.4 Å². The van der Waals surface area contributed by atoms with E-state index in [4.69, 9.17) is 4.74 Å². The molecule has 0 saturated carbocycles. The quantitative estimate of drug-likeness (QED) is 0.330. The molecule has 3 amide bonds. The van der Waals surface area contributed by atoms with Gasteiger partial charge in [-0.1, -0.05) is 6.07 Å². The van der Waals surface area contributed by atoms with Gasteiger partial charge in [-0.15, -0.1) is 11.3 Å². The lowest BCUT2D eigenvalue weighted by Gasteiger charge is -2.28. The molecule has 0 fully saturated rings. The Morgan fingerprint density at radius 1 is 1.12 bits per heavy atom. The molecule has 0 unspecified atom stereocenters. The molecule has 0 atom stereocenters. The third kappa shape index (κ3) is 5.47. The molecule has 0 bridgehead atoms. The molecule has 3 heterocycles. The van der Waals surface area contributed by atoms with Crippen LogP contribution in [0.1, 0.15) is 47.3 Å². The number of benzene rings is 2. The van der Waals surface area contributed by atoms with Gasteiger partial charge in [0.1, 0.15) is 11.4 Å².